The van der Waals surface area contributed by atoms with E-state index in [9.17, 15) is 4.79 Å². The fourth-order valence-corrected chi connectivity index (χ4v) is 3.15. The first-order valence-corrected chi connectivity index (χ1v) is 8.75. The number of aromatic amines is 1. The van der Waals surface area contributed by atoms with Gasteiger partial charge in [-0.15, -0.1) is 0 Å². The van der Waals surface area contributed by atoms with Gasteiger partial charge in [-0.05, 0) is 42.0 Å². The minimum absolute atomic E-state index is 0.156. The van der Waals surface area contributed by atoms with Crippen LogP contribution in [-0.2, 0) is 6.42 Å². The van der Waals surface area contributed by atoms with Crippen LogP contribution >= 0.6 is 0 Å². The average molecular weight is 335 g/mol. The highest BCUT2D eigenvalue weighted by atomic mass is 16.2. The van der Waals surface area contributed by atoms with E-state index in [0.717, 1.165) is 28.8 Å². The van der Waals surface area contributed by atoms with E-state index in [2.05, 4.69) is 47.7 Å². The summed E-state index contributed by atoms with van der Waals surface area (Å²) in [6.45, 7) is 6.88. The predicted octanol–water partition coefficient (Wildman–Crippen LogP) is 4.96. The molecule has 0 fully saturated rings. The third-order valence-electron chi connectivity index (χ3n) is 4.52. The van der Waals surface area contributed by atoms with Crippen molar-refractivity contribution in [2.24, 2.45) is 0 Å². The molecule has 4 heteroatoms. The number of H-pyrrole nitrogens is 1. The molecule has 0 radical (unpaired) electrons. The zero-order valence-electron chi connectivity index (χ0n) is 15.0. The number of anilines is 1. The second-order valence-corrected chi connectivity index (χ2v) is 6.68. The number of aryl methyl sites for hydroxylation is 1. The van der Waals surface area contributed by atoms with Crippen molar-refractivity contribution in [2.45, 2.75) is 33.1 Å². The number of aromatic nitrogens is 1. The lowest BCUT2D eigenvalue weighted by atomic mass is 9.98. The van der Waals surface area contributed by atoms with Gasteiger partial charge in [-0.25, -0.2) is 4.79 Å². The number of nitrogens with one attached hydrogen (secondary N) is 3. The average Bonchev–Trinajstić information content (AvgIpc) is 3.00. The van der Waals surface area contributed by atoms with Gasteiger partial charge in [-0.1, -0.05) is 50.2 Å². The molecule has 25 heavy (non-hydrogen) atoms. The van der Waals surface area contributed by atoms with Crippen molar-refractivity contribution in [3.63, 3.8) is 0 Å². The summed E-state index contributed by atoms with van der Waals surface area (Å²) < 4.78 is 0. The molecule has 0 spiro atoms. The molecule has 0 aliphatic carbocycles. The van der Waals surface area contributed by atoms with Gasteiger partial charge in [-0.2, -0.15) is 0 Å². The van der Waals surface area contributed by atoms with Crippen LogP contribution in [0.1, 0.15) is 36.5 Å². The van der Waals surface area contributed by atoms with Crippen LogP contribution in [-0.4, -0.2) is 17.6 Å². The summed E-state index contributed by atoms with van der Waals surface area (Å²) in [7, 11) is 0. The first kappa shape index (κ1) is 17.1. The van der Waals surface area contributed by atoms with Crippen LogP contribution < -0.4 is 10.6 Å². The summed E-state index contributed by atoms with van der Waals surface area (Å²) in [6.07, 6.45) is 2.81. The Balaban J connectivity index is 1.61. The Kier molecular flexibility index (Phi) is 5.08. The normalized spacial score (nSPS) is 11.0. The molecule has 0 aliphatic rings. The van der Waals surface area contributed by atoms with Crippen molar-refractivity contribution in [1.82, 2.24) is 10.3 Å². The third-order valence-corrected chi connectivity index (χ3v) is 4.52. The molecule has 0 saturated carbocycles. The lowest BCUT2D eigenvalue weighted by Gasteiger charge is -2.16. The summed E-state index contributed by atoms with van der Waals surface area (Å²) in [6, 6.07) is 14.2. The van der Waals surface area contributed by atoms with E-state index in [-0.39, 0.29) is 6.03 Å². The van der Waals surface area contributed by atoms with Crippen LogP contribution in [0.4, 0.5) is 10.5 Å². The second kappa shape index (κ2) is 7.43. The van der Waals surface area contributed by atoms with Crippen LogP contribution in [0, 0.1) is 6.92 Å². The number of urea groups is 1. The largest absolute Gasteiger partial charge is 0.361 e. The number of hydrogen-bond donors (Lipinski definition) is 3. The first-order valence-electron chi connectivity index (χ1n) is 8.75. The van der Waals surface area contributed by atoms with Crippen molar-refractivity contribution in [3.05, 3.63) is 65.4 Å². The van der Waals surface area contributed by atoms with Crippen LogP contribution in [0.25, 0.3) is 10.9 Å². The topological polar surface area (TPSA) is 56.9 Å². The van der Waals surface area contributed by atoms with Crippen molar-refractivity contribution < 1.29 is 4.79 Å². The molecule has 2 aromatic carbocycles. The number of fused-ring (bicyclic) bond motifs is 1. The molecule has 1 heterocycles. The van der Waals surface area contributed by atoms with Crippen molar-refractivity contribution in [2.75, 3.05) is 11.9 Å². The number of para-hydroxylation sites is 2. The Labute approximate surface area is 148 Å². The molecular weight excluding hydrogens is 310 g/mol. The van der Waals surface area contributed by atoms with Crippen molar-refractivity contribution in [1.29, 1.82) is 0 Å². The molecule has 0 atom stereocenters. The number of hydrogen-bond acceptors (Lipinski definition) is 1. The Bertz CT molecular complexity index is 880. The summed E-state index contributed by atoms with van der Waals surface area (Å²) in [5.41, 5.74) is 5.50. The quantitative estimate of drug-likeness (QED) is 0.606. The molecule has 0 aliphatic heterocycles. The molecule has 0 unspecified atom stereocenters. The Hall–Kier alpha value is -2.75. The van der Waals surface area contributed by atoms with Gasteiger partial charge in [0.05, 0.1) is 0 Å². The summed E-state index contributed by atoms with van der Waals surface area (Å²) in [4.78, 5) is 15.6. The monoisotopic (exact) mass is 335 g/mol. The molecular formula is C21H25N3O. The maximum atomic E-state index is 12.3. The summed E-state index contributed by atoms with van der Waals surface area (Å²) >= 11 is 0. The zero-order chi connectivity index (χ0) is 17.8. The van der Waals surface area contributed by atoms with Crippen LogP contribution in [0.2, 0.25) is 0 Å². The summed E-state index contributed by atoms with van der Waals surface area (Å²) in [5.74, 6) is 0.362. The van der Waals surface area contributed by atoms with Gasteiger partial charge in [0.15, 0.2) is 0 Å². The van der Waals surface area contributed by atoms with E-state index >= 15 is 0 Å². The van der Waals surface area contributed by atoms with Gasteiger partial charge in [0.25, 0.3) is 0 Å². The van der Waals surface area contributed by atoms with Crippen molar-refractivity contribution in [3.8, 4) is 0 Å². The van der Waals surface area contributed by atoms with Crippen molar-refractivity contribution >= 4 is 22.6 Å². The molecule has 0 bridgehead atoms. The Morgan fingerprint density at radius 2 is 1.92 bits per heavy atom. The molecule has 3 rings (SSSR count). The highest BCUT2D eigenvalue weighted by molar-refractivity contribution is 5.91. The van der Waals surface area contributed by atoms with Gasteiger partial charge in [0.1, 0.15) is 0 Å². The Morgan fingerprint density at radius 3 is 2.72 bits per heavy atom. The fraction of sp³-hybridized carbons (Fsp3) is 0.286. The SMILES string of the molecule is Cc1cccc(C(C)C)c1NC(=O)NCCc1c[nH]c2ccccc12. The van der Waals surface area contributed by atoms with Crippen LogP contribution in [0.5, 0.6) is 0 Å². The fourth-order valence-electron chi connectivity index (χ4n) is 3.15. The van der Waals surface area contributed by atoms with E-state index in [1.165, 1.54) is 10.9 Å². The van der Waals surface area contributed by atoms with E-state index < -0.39 is 0 Å². The van der Waals surface area contributed by atoms with Crippen LogP contribution in [0.15, 0.2) is 48.7 Å². The molecule has 130 valence electrons. The minimum atomic E-state index is -0.156. The first-order chi connectivity index (χ1) is 12.1. The second-order valence-electron chi connectivity index (χ2n) is 6.68. The molecule has 3 aromatic rings. The lowest BCUT2D eigenvalue weighted by Crippen LogP contribution is -2.31. The third kappa shape index (κ3) is 3.85. The minimum Gasteiger partial charge on any atom is -0.361 e. The van der Waals surface area contributed by atoms with Gasteiger partial charge < -0.3 is 15.6 Å². The number of carbonyl (C=O) groups is 1. The van der Waals surface area contributed by atoms with E-state index in [4.69, 9.17) is 0 Å². The molecule has 0 saturated heterocycles. The standard InChI is InChI=1S/C21H25N3O/c1-14(2)17-9-6-7-15(3)20(17)24-21(25)22-12-11-16-13-23-19-10-5-4-8-18(16)19/h4-10,13-14,23H,11-12H2,1-3H3,(H2,22,24,25). The highest BCUT2D eigenvalue weighted by Crippen LogP contribution is 2.27. The highest BCUT2D eigenvalue weighted by Gasteiger charge is 2.12. The zero-order valence-corrected chi connectivity index (χ0v) is 15.0. The molecule has 1 aromatic heterocycles. The number of amides is 2. The van der Waals surface area contributed by atoms with Gasteiger partial charge in [0, 0.05) is 29.3 Å². The molecule has 2 amide bonds. The van der Waals surface area contributed by atoms with Gasteiger partial charge in [0.2, 0.25) is 0 Å². The van der Waals surface area contributed by atoms with Crippen LogP contribution in [0.3, 0.4) is 0 Å². The molecule has 4 nitrogen and oxygen atoms in total. The number of rotatable bonds is 5. The lowest BCUT2D eigenvalue weighted by molar-refractivity contribution is 0.252. The van der Waals surface area contributed by atoms with Gasteiger partial charge in [-0.3, -0.25) is 0 Å². The van der Waals surface area contributed by atoms with E-state index in [1.54, 1.807) is 0 Å². The summed E-state index contributed by atoms with van der Waals surface area (Å²) in [5, 5.41) is 7.20. The maximum absolute atomic E-state index is 12.3. The van der Waals surface area contributed by atoms with E-state index in [0.29, 0.717) is 12.5 Å². The van der Waals surface area contributed by atoms with Gasteiger partial charge >= 0.3 is 6.03 Å². The maximum Gasteiger partial charge on any atom is 0.319 e. The Morgan fingerprint density at radius 1 is 1.12 bits per heavy atom. The van der Waals surface area contributed by atoms with E-state index in [1.807, 2.05) is 37.4 Å². The molecule has 3 N–H and O–H groups in total. The number of benzene rings is 2. The number of carbonyl (C=O) groups excluding carboxylic acids is 1. The predicted molar refractivity (Wildman–Crippen MR) is 104 cm³/mol. The smallest absolute Gasteiger partial charge is 0.319 e.